The Morgan fingerprint density at radius 3 is 2.78 bits per heavy atom. The van der Waals surface area contributed by atoms with Gasteiger partial charge in [0.2, 0.25) is 11.8 Å². The molecule has 4 nitrogen and oxygen atoms in total. The van der Waals surface area contributed by atoms with Gasteiger partial charge in [0, 0.05) is 11.6 Å². The summed E-state index contributed by atoms with van der Waals surface area (Å²) in [7, 11) is 0. The van der Waals surface area contributed by atoms with Crippen molar-refractivity contribution in [2.24, 2.45) is 5.73 Å². The van der Waals surface area contributed by atoms with E-state index in [-0.39, 0.29) is 6.04 Å². The van der Waals surface area contributed by atoms with Gasteiger partial charge in [0.05, 0.1) is 5.75 Å². The topological polar surface area (TPSA) is 64.9 Å². The van der Waals surface area contributed by atoms with E-state index in [9.17, 15) is 0 Å². The minimum absolute atomic E-state index is 0.250. The van der Waals surface area contributed by atoms with Gasteiger partial charge in [-0.25, -0.2) is 0 Å². The second kappa shape index (κ2) is 6.56. The number of benzene rings is 1. The Kier molecular flexibility index (Phi) is 4.78. The molecule has 0 aliphatic carbocycles. The molecule has 0 aliphatic rings. The molecule has 96 valence electrons. The molecule has 1 aromatic carbocycles. The SMILES string of the molecule is CC(N)CCSCc1nnc(-c2ccccc2)o1. The Bertz CT molecular complexity index is 470. The zero-order valence-electron chi connectivity index (χ0n) is 10.4. The first-order chi connectivity index (χ1) is 8.75. The highest BCUT2D eigenvalue weighted by molar-refractivity contribution is 7.98. The van der Waals surface area contributed by atoms with Gasteiger partial charge in [-0.3, -0.25) is 0 Å². The van der Waals surface area contributed by atoms with E-state index >= 15 is 0 Å². The molecule has 18 heavy (non-hydrogen) atoms. The van der Waals surface area contributed by atoms with Gasteiger partial charge >= 0.3 is 0 Å². The average Bonchev–Trinajstić information content (AvgIpc) is 2.84. The highest BCUT2D eigenvalue weighted by Gasteiger charge is 2.07. The van der Waals surface area contributed by atoms with Crippen LogP contribution in [0.3, 0.4) is 0 Å². The maximum Gasteiger partial charge on any atom is 0.247 e. The van der Waals surface area contributed by atoms with Crippen molar-refractivity contribution >= 4 is 11.8 Å². The summed E-state index contributed by atoms with van der Waals surface area (Å²) < 4.78 is 5.60. The molecule has 1 unspecified atom stereocenters. The van der Waals surface area contributed by atoms with Crippen LogP contribution >= 0.6 is 11.8 Å². The van der Waals surface area contributed by atoms with Crippen molar-refractivity contribution in [1.82, 2.24) is 10.2 Å². The Hall–Kier alpha value is -1.33. The molecule has 1 atom stereocenters. The van der Waals surface area contributed by atoms with Crippen LogP contribution in [0.25, 0.3) is 11.5 Å². The second-order valence-electron chi connectivity index (χ2n) is 4.19. The number of rotatable bonds is 6. The number of nitrogens with two attached hydrogens (primary N) is 1. The monoisotopic (exact) mass is 263 g/mol. The van der Waals surface area contributed by atoms with Crippen molar-refractivity contribution in [2.45, 2.75) is 25.1 Å². The number of nitrogens with zero attached hydrogens (tertiary/aromatic N) is 2. The van der Waals surface area contributed by atoms with Gasteiger partial charge in [0.15, 0.2) is 0 Å². The van der Waals surface area contributed by atoms with Crippen molar-refractivity contribution < 1.29 is 4.42 Å². The van der Waals surface area contributed by atoms with E-state index in [0.29, 0.717) is 11.8 Å². The standard InChI is InChI=1S/C13H17N3OS/c1-10(14)7-8-18-9-12-15-16-13(17-12)11-5-3-2-4-6-11/h2-6,10H,7-9,14H2,1H3. The van der Waals surface area contributed by atoms with Gasteiger partial charge in [-0.05, 0) is 31.2 Å². The lowest BCUT2D eigenvalue weighted by molar-refractivity contribution is 0.528. The van der Waals surface area contributed by atoms with E-state index < -0.39 is 0 Å². The summed E-state index contributed by atoms with van der Waals surface area (Å²) in [5.41, 5.74) is 6.64. The van der Waals surface area contributed by atoms with Crippen LogP contribution in [0.1, 0.15) is 19.2 Å². The number of hydrogen-bond donors (Lipinski definition) is 1. The van der Waals surface area contributed by atoms with Gasteiger partial charge in [-0.2, -0.15) is 11.8 Å². The van der Waals surface area contributed by atoms with Gasteiger partial charge < -0.3 is 10.2 Å². The molecule has 0 spiro atoms. The molecular formula is C13H17N3OS. The van der Waals surface area contributed by atoms with Crippen LogP contribution in [0.5, 0.6) is 0 Å². The molecule has 0 fully saturated rings. The summed E-state index contributed by atoms with van der Waals surface area (Å²) in [5.74, 6) is 3.01. The van der Waals surface area contributed by atoms with E-state index in [1.165, 1.54) is 0 Å². The van der Waals surface area contributed by atoms with E-state index in [1.54, 1.807) is 11.8 Å². The summed E-state index contributed by atoms with van der Waals surface area (Å²) >= 11 is 1.77. The Labute approximate surface area is 111 Å². The van der Waals surface area contributed by atoms with Crippen molar-refractivity contribution in [3.63, 3.8) is 0 Å². The lowest BCUT2D eigenvalue weighted by Gasteiger charge is -2.02. The highest BCUT2D eigenvalue weighted by atomic mass is 32.2. The van der Waals surface area contributed by atoms with Crippen LogP contribution in [0.15, 0.2) is 34.7 Å². The third-order valence-electron chi connectivity index (χ3n) is 2.43. The van der Waals surface area contributed by atoms with Crippen LogP contribution < -0.4 is 5.73 Å². The molecule has 0 saturated heterocycles. The average molecular weight is 263 g/mol. The van der Waals surface area contributed by atoms with Gasteiger partial charge in [-0.15, -0.1) is 10.2 Å². The fraction of sp³-hybridized carbons (Fsp3) is 0.385. The van der Waals surface area contributed by atoms with Crippen molar-refractivity contribution in [3.8, 4) is 11.5 Å². The quantitative estimate of drug-likeness (QED) is 0.812. The summed E-state index contributed by atoms with van der Waals surface area (Å²) in [6, 6.07) is 10.0. The van der Waals surface area contributed by atoms with Crippen LogP contribution in [-0.4, -0.2) is 22.0 Å². The van der Waals surface area contributed by atoms with E-state index in [2.05, 4.69) is 10.2 Å². The molecule has 5 heteroatoms. The number of thioether (sulfide) groups is 1. The van der Waals surface area contributed by atoms with Crippen molar-refractivity contribution in [3.05, 3.63) is 36.2 Å². The molecular weight excluding hydrogens is 246 g/mol. The first-order valence-corrected chi connectivity index (χ1v) is 7.12. The molecule has 0 bridgehead atoms. The summed E-state index contributed by atoms with van der Waals surface area (Å²) in [4.78, 5) is 0. The summed E-state index contributed by atoms with van der Waals surface area (Å²) in [5, 5.41) is 8.09. The van der Waals surface area contributed by atoms with Gasteiger partial charge in [0.1, 0.15) is 0 Å². The minimum atomic E-state index is 0.250. The first kappa shape index (κ1) is 13.1. The van der Waals surface area contributed by atoms with Gasteiger partial charge in [-0.1, -0.05) is 18.2 Å². The molecule has 1 heterocycles. The summed E-state index contributed by atoms with van der Waals surface area (Å²) in [6.07, 6.45) is 1.00. The molecule has 2 N–H and O–H groups in total. The van der Waals surface area contributed by atoms with Crippen LogP contribution in [0.2, 0.25) is 0 Å². The second-order valence-corrected chi connectivity index (χ2v) is 5.29. The van der Waals surface area contributed by atoms with Crippen molar-refractivity contribution in [2.75, 3.05) is 5.75 Å². The lowest BCUT2D eigenvalue weighted by Crippen LogP contribution is -2.15. The fourth-order valence-electron chi connectivity index (χ4n) is 1.44. The van der Waals surface area contributed by atoms with E-state index in [1.807, 2.05) is 37.3 Å². The fourth-order valence-corrected chi connectivity index (χ4v) is 2.41. The predicted molar refractivity (Wildman–Crippen MR) is 74.2 cm³/mol. The van der Waals surface area contributed by atoms with E-state index in [0.717, 1.165) is 23.5 Å². The molecule has 0 amide bonds. The minimum Gasteiger partial charge on any atom is -0.420 e. The molecule has 0 aliphatic heterocycles. The number of hydrogen-bond acceptors (Lipinski definition) is 5. The van der Waals surface area contributed by atoms with Crippen LogP contribution in [0.4, 0.5) is 0 Å². The zero-order chi connectivity index (χ0) is 12.8. The normalized spacial score (nSPS) is 12.6. The first-order valence-electron chi connectivity index (χ1n) is 5.97. The third kappa shape index (κ3) is 3.85. The van der Waals surface area contributed by atoms with Crippen LogP contribution in [0, 0.1) is 0 Å². The Balaban J connectivity index is 1.87. The van der Waals surface area contributed by atoms with Crippen molar-refractivity contribution in [1.29, 1.82) is 0 Å². The maximum atomic E-state index is 5.69. The molecule has 2 aromatic rings. The van der Waals surface area contributed by atoms with E-state index in [4.69, 9.17) is 10.2 Å². The predicted octanol–water partition coefficient (Wildman–Crippen LogP) is 2.71. The summed E-state index contributed by atoms with van der Waals surface area (Å²) in [6.45, 7) is 2.01. The lowest BCUT2D eigenvalue weighted by atomic mass is 10.2. The zero-order valence-corrected chi connectivity index (χ0v) is 11.2. The third-order valence-corrected chi connectivity index (χ3v) is 3.41. The van der Waals surface area contributed by atoms with Gasteiger partial charge in [0.25, 0.3) is 0 Å². The smallest absolute Gasteiger partial charge is 0.247 e. The largest absolute Gasteiger partial charge is 0.420 e. The Morgan fingerprint density at radius 1 is 1.28 bits per heavy atom. The molecule has 2 rings (SSSR count). The maximum absolute atomic E-state index is 5.69. The highest BCUT2D eigenvalue weighted by Crippen LogP contribution is 2.19. The Morgan fingerprint density at radius 2 is 2.06 bits per heavy atom. The molecule has 1 aromatic heterocycles. The van der Waals surface area contributed by atoms with Crippen LogP contribution in [-0.2, 0) is 5.75 Å². The molecule has 0 saturated carbocycles. The number of aromatic nitrogens is 2. The molecule has 0 radical (unpaired) electrons.